The van der Waals surface area contributed by atoms with Gasteiger partial charge in [0.1, 0.15) is 0 Å². The molecule has 6 heteroatoms. The van der Waals surface area contributed by atoms with E-state index in [9.17, 15) is 0 Å². The summed E-state index contributed by atoms with van der Waals surface area (Å²) in [6.07, 6.45) is 8.27. The number of aromatic nitrogens is 4. The topological polar surface area (TPSA) is 54.0 Å². The van der Waals surface area contributed by atoms with Crippen molar-refractivity contribution in [2.75, 3.05) is 0 Å². The first kappa shape index (κ1) is 28.2. The van der Waals surface area contributed by atoms with Gasteiger partial charge in [0.05, 0.1) is 22.8 Å². The van der Waals surface area contributed by atoms with E-state index >= 15 is 0 Å². The molecule has 2 aliphatic heterocycles. The molecule has 0 atom stereocenters. The standard InChI is InChI=1S/C38H23BrN4.Zn/c39-38-33-22-20-31(42-33)36(25-12-6-2-7-13-25)29-18-16-27(40-29)35(24-10-4-1-5-11-24)28-17-19-30(41-28)37(26-14-8-3-9-15-26)32-21-23-34(38)43-32;/h1-23H;/q-2;+2. The molecule has 0 fully saturated rings. The van der Waals surface area contributed by atoms with Gasteiger partial charge in [0.25, 0.3) is 0 Å². The van der Waals surface area contributed by atoms with E-state index in [-0.39, 0.29) is 19.5 Å². The van der Waals surface area contributed by atoms with Gasteiger partial charge in [0.2, 0.25) is 0 Å². The Morgan fingerprint density at radius 1 is 0.386 bits per heavy atom. The molecule has 0 spiro atoms. The Morgan fingerprint density at radius 2 is 0.705 bits per heavy atom. The summed E-state index contributed by atoms with van der Waals surface area (Å²) in [4.78, 5) is 20.6. The third-order valence-corrected chi connectivity index (χ3v) is 8.55. The number of hydrogen-bond donors (Lipinski definition) is 0. The molecule has 0 saturated carbocycles. The maximum Gasteiger partial charge on any atom is 2.00 e. The SMILES string of the molecule is Brc1c2nc(c(-c3ccccc3)c3ccc([n-]3)c(-c3ccccc3)c3nc(c(-c4ccccc4)c4ccc1[n-]4)C=C3)C=C2.[Zn+2]. The molecule has 44 heavy (non-hydrogen) atoms. The molecule has 0 N–H and O–H groups in total. The van der Waals surface area contributed by atoms with E-state index in [1.807, 2.05) is 54.6 Å². The van der Waals surface area contributed by atoms with Crippen LogP contribution in [-0.2, 0) is 19.5 Å². The first-order chi connectivity index (χ1) is 21.2. The zero-order valence-corrected chi connectivity index (χ0v) is 28.2. The summed E-state index contributed by atoms with van der Waals surface area (Å²) >= 11 is 3.82. The monoisotopic (exact) mass is 678 g/mol. The van der Waals surface area contributed by atoms with Crippen molar-refractivity contribution in [3.8, 4) is 33.4 Å². The molecule has 3 aromatic carbocycles. The molecule has 4 nitrogen and oxygen atoms in total. The Morgan fingerprint density at radius 3 is 1.11 bits per heavy atom. The quantitative estimate of drug-likeness (QED) is 0.175. The molecule has 0 aliphatic carbocycles. The summed E-state index contributed by atoms with van der Waals surface area (Å²) in [6.45, 7) is 0. The first-order valence-electron chi connectivity index (χ1n) is 14.1. The smallest absolute Gasteiger partial charge is 0.657 e. The maximum atomic E-state index is 5.24. The van der Waals surface area contributed by atoms with Crippen molar-refractivity contribution in [1.29, 1.82) is 0 Å². The van der Waals surface area contributed by atoms with Crippen LogP contribution in [-0.4, -0.2) is 9.97 Å². The summed E-state index contributed by atoms with van der Waals surface area (Å²) in [5.41, 5.74) is 12.9. The summed E-state index contributed by atoms with van der Waals surface area (Å²) in [5, 5.41) is 0. The fraction of sp³-hybridized carbons (Fsp3) is 0. The van der Waals surface area contributed by atoms with E-state index in [1.54, 1.807) is 0 Å². The predicted molar refractivity (Wildman–Crippen MR) is 181 cm³/mol. The molecule has 8 bridgehead atoms. The molecule has 204 valence electrons. The van der Waals surface area contributed by atoms with Crippen molar-refractivity contribution in [2.24, 2.45) is 0 Å². The molecule has 0 radical (unpaired) electrons. The average Bonchev–Trinajstić information content (AvgIpc) is 3.88. The van der Waals surface area contributed by atoms with Crippen LogP contribution in [0.25, 0.3) is 79.8 Å². The van der Waals surface area contributed by atoms with E-state index in [4.69, 9.17) is 19.9 Å². The molecule has 0 amide bonds. The van der Waals surface area contributed by atoms with Crippen LogP contribution in [0.1, 0.15) is 22.8 Å². The molecule has 8 rings (SSSR count). The second-order valence-corrected chi connectivity index (χ2v) is 11.2. The van der Waals surface area contributed by atoms with Crippen LogP contribution in [0.3, 0.4) is 0 Å². The molecular formula is C38H23BrN4Zn. The minimum absolute atomic E-state index is 0. The van der Waals surface area contributed by atoms with Gasteiger partial charge in [-0.1, -0.05) is 115 Å². The van der Waals surface area contributed by atoms with Crippen molar-refractivity contribution >= 4 is 62.3 Å². The van der Waals surface area contributed by atoms with E-state index in [2.05, 4.69) is 101 Å². The van der Waals surface area contributed by atoms with Gasteiger partial charge in [-0.15, -0.1) is 22.1 Å². The molecule has 2 aliphatic rings. The Bertz CT molecular complexity index is 2190. The average molecular weight is 681 g/mol. The van der Waals surface area contributed by atoms with Crippen LogP contribution in [0.4, 0.5) is 0 Å². The molecule has 6 aromatic rings. The zero-order chi connectivity index (χ0) is 28.8. The van der Waals surface area contributed by atoms with Crippen molar-refractivity contribution in [3.63, 3.8) is 0 Å². The van der Waals surface area contributed by atoms with Gasteiger partial charge in [-0.3, -0.25) is 0 Å². The summed E-state index contributed by atoms with van der Waals surface area (Å²) < 4.78 is 0.837. The molecule has 0 unspecified atom stereocenters. The van der Waals surface area contributed by atoms with E-state index < -0.39 is 0 Å². The molecule has 0 saturated heterocycles. The van der Waals surface area contributed by atoms with E-state index in [0.29, 0.717) is 0 Å². The minimum Gasteiger partial charge on any atom is -0.657 e. The fourth-order valence-corrected chi connectivity index (χ4v) is 6.20. The third-order valence-electron chi connectivity index (χ3n) is 7.73. The van der Waals surface area contributed by atoms with Gasteiger partial charge in [0, 0.05) is 4.47 Å². The van der Waals surface area contributed by atoms with Crippen molar-refractivity contribution in [1.82, 2.24) is 19.9 Å². The van der Waals surface area contributed by atoms with Gasteiger partial charge in [-0.2, -0.15) is 0 Å². The van der Waals surface area contributed by atoms with Crippen molar-refractivity contribution in [3.05, 3.63) is 143 Å². The van der Waals surface area contributed by atoms with Crippen LogP contribution in [0, 0.1) is 0 Å². The number of rotatable bonds is 3. The van der Waals surface area contributed by atoms with Gasteiger partial charge in [0.15, 0.2) is 0 Å². The Balaban J connectivity index is 0.00000312. The molecule has 3 aromatic heterocycles. The van der Waals surface area contributed by atoms with Gasteiger partial charge >= 0.3 is 19.5 Å². The molecular weight excluding hydrogens is 658 g/mol. The summed E-state index contributed by atoms with van der Waals surface area (Å²) in [7, 11) is 0. The van der Waals surface area contributed by atoms with Crippen LogP contribution in [0.15, 0.2) is 120 Å². The normalized spacial score (nSPS) is 11.8. The van der Waals surface area contributed by atoms with Crippen LogP contribution >= 0.6 is 15.9 Å². The largest absolute Gasteiger partial charge is 2.00 e. The second kappa shape index (κ2) is 11.8. The maximum absolute atomic E-state index is 5.24. The molecule has 5 heterocycles. The van der Waals surface area contributed by atoms with Crippen molar-refractivity contribution in [2.45, 2.75) is 0 Å². The first-order valence-corrected chi connectivity index (χ1v) is 14.9. The van der Waals surface area contributed by atoms with Crippen LogP contribution in [0.2, 0.25) is 0 Å². The number of halogens is 1. The summed E-state index contributed by atoms with van der Waals surface area (Å²) in [5.74, 6) is 0. The number of fused-ring (bicyclic) bond motifs is 8. The zero-order valence-electron chi connectivity index (χ0n) is 23.7. The van der Waals surface area contributed by atoms with E-state index in [1.165, 1.54) is 0 Å². The Labute approximate surface area is 276 Å². The van der Waals surface area contributed by atoms with Gasteiger partial charge in [-0.05, 0) is 73.6 Å². The summed E-state index contributed by atoms with van der Waals surface area (Å²) in [6, 6.07) is 39.3. The Hall–Kier alpha value is -4.64. The van der Waals surface area contributed by atoms with E-state index in [0.717, 1.165) is 82.7 Å². The van der Waals surface area contributed by atoms with Crippen LogP contribution < -0.4 is 9.97 Å². The number of hydrogen-bond acceptors (Lipinski definition) is 2. The Kier molecular flexibility index (Phi) is 7.55. The fourth-order valence-electron chi connectivity index (χ4n) is 5.76. The second-order valence-electron chi connectivity index (χ2n) is 10.4. The number of nitrogens with zero attached hydrogens (tertiary/aromatic N) is 4. The minimum atomic E-state index is 0. The number of benzene rings is 3. The third kappa shape index (κ3) is 5.00. The van der Waals surface area contributed by atoms with Crippen LogP contribution in [0.5, 0.6) is 0 Å². The van der Waals surface area contributed by atoms with Gasteiger partial charge < -0.3 is 9.97 Å². The van der Waals surface area contributed by atoms with Gasteiger partial charge in [-0.25, -0.2) is 9.97 Å². The predicted octanol–water partition coefficient (Wildman–Crippen LogP) is 9.67. The van der Waals surface area contributed by atoms with Crippen molar-refractivity contribution < 1.29 is 19.5 Å².